The van der Waals surface area contributed by atoms with Gasteiger partial charge < -0.3 is 20.1 Å². The number of rotatable bonds is 9. The number of carbonyl (C=O) groups is 3. The van der Waals surface area contributed by atoms with Gasteiger partial charge in [0.1, 0.15) is 5.82 Å². The molecule has 0 aliphatic heterocycles. The number of hydrazone groups is 1. The van der Waals surface area contributed by atoms with E-state index in [1.54, 1.807) is 36.4 Å². The van der Waals surface area contributed by atoms with Gasteiger partial charge in [-0.25, -0.2) is 9.82 Å². The van der Waals surface area contributed by atoms with E-state index in [1.165, 1.54) is 25.5 Å². The van der Waals surface area contributed by atoms with Crippen LogP contribution in [0.15, 0.2) is 70.2 Å². The predicted molar refractivity (Wildman–Crippen MR) is 141 cm³/mol. The van der Waals surface area contributed by atoms with E-state index in [0.29, 0.717) is 27.9 Å². The molecule has 0 unspecified atom stereocenters. The molecule has 3 N–H and O–H groups in total. The summed E-state index contributed by atoms with van der Waals surface area (Å²) in [5, 5.41) is 8.80. The fraction of sp³-hybridized carbons (Fsp3) is 0.154. The maximum absolute atomic E-state index is 13.9. The molecule has 37 heavy (non-hydrogen) atoms. The Hall–Kier alpha value is -4.25. The van der Waals surface area contributed by atoms with Crippen molar-refractivity contribution in [3.05, 3.63) is 82.1 Å². The molecule has 0 radical (unpaired) electrons. The third kappa shape index (κ3) is 7.87. The zero-order valence-corrected chi connectivity index (χ0v) is 21.6. The number of hydrogen-bond acceptors (Lipinski definition) is 6. The van der Waals surface area contributed by atoms with E-state index in [-0.39, 0.29) is 18.0 Å². The first kappa shape index (κ1) is 27.3. The number of ether oxygens (including phenoxy) is 2. The van der Waals surface area contributed by atoms with E-state index in [4.69, 9.17) is 9.47 Å². The molecule has 9 nitrogen and oxygen atoms in total. The van der Waals surface area contributed by atoms with E-state index in [0.717, 1.165) is 5.56 Å². The fourth-order valence-corrected chi connectivity index (χ4v) is 3.48. The lowest BCUT2D eigenvalue weighted by Gasteiger charge is -2.12. The smallest absolute Gasteiger partial charge is 0.329 e. The van der Waals surface area contributed by atoms with Crippen molar-refractivity contribution in [2.24, 2.45) is 5.10 Å². The lowest BCUT2D eigenvalue weighted by Crippen LogP contribution is -2.32. The Bertz CT molecular complexity index is 1330. The van der Waals surface area contributed by atoms with Crippen molar-refractivity contribution in [3.8, 4) is 11.5 Å². The second-order valence-electron chi connectivity index (χ2n) is 7.54. The van der Waals surface area contributed by atoms with Crippen molar-refractivity contribution in [2.75, 3.05) is 24.4 Å². The van der Waals surface area contributed by atoms with Crippen molar-refractivity contribution in [1.82, 2.24) is 5.43 Å². The van der Waals surface area contributed by atoms with Gasteiger partial charge in [0.05, 0.1) is 19.0 Å². The van der Waals surface area contributed by atoms with Gasteiger partial charge in [0, 0.05) is 10.2 Å². The molecule has 0 fully saturated rings. The summed E-state index contributed by atoms with van der Waals surface area (Å²) in [5.74, 6) is -2.35. The van der Waals surface area contributed by atoms with E-state index >= 15 is 0 Å². The lowest BCUT2D eigenvalue weighted by molar-refractivity contribution is -0.136. The number of aryl methyl sites for hydroxylation is 1. The molecule has 3 aromatic carbocycles. The van der Waals surface area contributed by atoms with Crippen LogP contribution in [-0.2, 0) is 20.8 Å². The first-order chi connectivity index (χ1) is 17.8. The quantitative estimate of drug-likeness (QED) is 0.202. The minimum Gasteiger partial charge on any atom is -0.493 e. The number of hydrogen-bond donors (Lipinski definition) is 3. The summed E-state index contributed by atoms with van der Waals surface area (Å²) in [4.78, 5) is 36.4. The van der Waals surface area contributed by atoms with Gasteiger partial charge in [0.25, 0.3) is 5.91 Å². The van der Waals surface area contributed by atoms with Crippen LogP contribution >= 0.6 is 15.9 Å². The number of halogens is 2. The predicted octanol–water partition coefficient (Wildman–Crippen LogP) is 4.27. The molecule has 0 saturated heterocycles. The standard InChI is InChI=1S/C26H24BrFN4O5/c1-3-17-6-4-5-7-20(17)31-25(34)26(35)32-29-14-16-8-11-22(23(12-16)36-2)37-15-24(33)30-21-10-9-18(27)13-19(21)28/h4-14H,3,15H2,1-2H3,(H,30,33)(H,31,34)(H,32,35)/b29-14-. The van der Waals surface area contributed by atoms with Crippen molar-refractivity contribution in [1.29, 1.82) is 0 Å². The minimum absolute atomic E-state index is 0.0284. The number of nitrogens with one attached hydrogen (secondary N) is 3. The fourth-order valence-electron chi connectivity index (χ4n) is 3.15. The largest absolute Gasteiger partial charge is 0.493 e. The minimum atomic E-state index is -0.928. The zero-order valence-electron chi connectivity index (χ0n) is 20.0. The molecule has 0 aromatic heterocycles. The molecule has 0 heterocycles. The molecule has 0 saturated carbocycles. The molecule has 3 amide bonds. The highest BCUT2D eigenvalue weighted by molar-refractivity contribution is 9.10. The Kier molecular flexibility index (Phi) is 9.73. The van der Waals surface area contributed by atoms with E-state index in [2.05, 4.69) is 37.1 Å². The first-order valence-corrected chi connectivity index (χ1v) is 11.9. The van der Waals surface area contributed by atoms with Gasteiger partial charge >= 0.3 is 11.8 Å². The van der Waals surface area contributed by atoms with Crippen LogP contribution in [0.3, 0.4) is 0 Å². The second kappa shape index (κ2) is 13.2. The maximum Gasteiger partial charge on any atom is 0.329 e. The molecule has 192 valence electrons. The topological polar surface area (TPSA) is 118 Å². The monoisotopic (exact) mass is 570 g/mol. The van der Waals surface area contributed by atoms with Crippen LogP contribution in [0, 0.1) is 5.82 Å². The Morgan fingerprint density at radius 3 is 2.49 bits per heavy atom. The molecule has 0 aliphatic rings. The average molecular weight is 571 g/mol. The average Bonchev–Trinajstić information content (AvgIpc) is 2.89. The van der Waals surface area contributed by atoms with Crippen LogP contribution < -0.4 is 25.5 Å². The van der Waals surface area contributed by atoms with Crippen molar-refractivity contribution >= 4 is 51.2 Å². The number of carbonyl (C=O) groups excluding carboxylic acids is 3. The summed E-state index contributed by atoms with van der Waals surface area (Å²) in [6, 6.07) is 16.2. The summed E-state index contributed by atoms with van der Waals surface area (Å²) in [7, 11) is 1.42. The second-order valence-corrected chi connectivity index (χ2v) is 8.45. The molecule has 0 atom stereocenters. The molecule has 0 aliphatic carbocycles. The number of methoxy groups -OCH3 is 1. The van der Waals surface area contributed by atoms with E-state index < -0.39 is 23.5 Å². The van der Waals surface area contributed by atoms with E-state index in [1.807, 2.05) is 19.1 Å². The molecular formula is C26H24BrFN4O5. The Labute approximate surface area is 221 Å². The van der Waals surface area contributed by atoms with Crippen LogP contribution in [0.25, 0.3) is 0 Å². The van der Waals surface area contributed by atoms with Crippen molar-refractivity contribution in [3.63, 3.8) is 0 Å². The number of nitrogens with zero attached hydrogens (tertiary/aromatic N) is 1. The van der Waals surface area contributed by atoms with Gasteiger partial charge in [0.15, 0.2) is 18.1 Å². The lowest BCUT2D eigenvalue weighted by atomic mass is 10.1. The molecular weight excluding hydrogens is 547 g/mol. The summed E-state index contributed by atoms with van der Waals surface area (Å²) in [6.07, 6.45) is 2.02. The zero-order chi connectivity index (χ0) is 26.8. The number of para-hydroxylation sites is 1. The van der Waals surface area contributed by atoms with Crippen molar-refractivity contribution < 1.29 is 28.2 Å². The summed E-state index contributed by atoms with van der Waals surface area (Å²) >= 11 is 3.15. The molecule has 3 rings (SSSR count). The number of benzene rings is 3. The van der Waals surface area contributed by atoms with E-state index in [9.17, 15) is 18.8 Å². The van der Waals surface area contributed by atoms with Crippen LogP contribution in [0.5, 0.6) is 11.5 Å². The van der Waals surface area contributed by atoms with Gasteiger partial charge in [-0.1, -0.05) is 41.1 Å². The Morgan fingerprint density at radius 2 is 1.76 bits per heavy atom. The Balaban J connectivity index is 1.54. The Morgan fingerprint density at radius 1 is 0.973 bits per heavy atom. The SMILES string of the molecule is CCc1ccccc1NC(=O)C(=O)N/N=C\c1ccc(OCC(=O)Nc2ccc(Br)cc2F)c(OC)c1. The van der Waals surface area contributed by atoms with Gasteiger partial charge in [-0.2, -0.15) is 5.10 Å². The highest BCUT2D eigenvalue weighted by Gasteiger charge is 2.15. The van der Waals surface area contributed by atoms with Gasteiger partial charge in [0.2, 0.25) is 0 Å². The van der Waals surface area contributed by atoms with Crippen LogP contribution in [0.4, 0.5) is 15.8 Å². The first-order valence-electron chi connectivity index (χ1n) is 11.1. The van der Waals surface area contributed by atoms with Gasteiger partial charge in [-0.05, 0) is 60.0 Å². The third-order valence-electron chi connectivity index (χ3n) is 4.98. The number of amides is 3. The molecule has 3 aromatic rings. The highest BCUT2D eigenvalue weighted by atomic mass is 79.9. The van der Waals surface area contributed by atoms with Gasteiger partial charge in [-0.15, -0.1) is 0 Å². The summed E-state index contributed by atoms with van der Waals surface area (Å²) in [5.41, 5.74) is 4.19. The summed E-state index contributed by atoms with van der Waals surface area (Å²) in [6.45, 7) is 1.56. The molecule has 0 bridgehead atoms. The molecule has 11 heteroatoms. The van der Waals surface area contributed by atoms with Crippen molar-refractivity contribution in [2.45, 2.75) is 13.3 Å². The van der Waals surface area contributed by atoms with Crippen LogP contribution in [0.2, 0.25) is 0 Å². The summed E-state index contributed by atoms with van der Waals surface area (Å²) < 4.78 is 25.2. The highest BCUT2D eigenvalue weighted by Crippen LogP contribution is 2.27. The number of anilines is 2. The normalized spacial score (nSPS) is 10.6. The third-order valence-corrected chi connectivity index (χ3v) is 5.48. The van der Waals surface area contributed by atoms with Crippen LogP contribution in [-0.4, -0.2) is 37.7 Å². The van der Waals surface area contributed by atoms with Crippen LogP contribution in [0.1, 0.15) is 18.1 Å². The van der Waals surface area contributed by atoms with Gasteiger partial charge in [-0.3, -0.25) is 14.4 Å². The maximum atomic E-state index is 13.9. The molecule has 0 spiro atoms.